The third kappa shape index (κ3) is 4.71. The second kappa shape index (κ2) is 6.79. The number of oxime groups is 1. The van der Waals surface area contributed by atoms with Gasteiger partial charge in [-0.15, -0.1) is 0 Å². The lowest BCUT2D eigenvalue weighted by Gasteiger charge is -2.12. The van der Waals surface area contributed by atoms with Crippen molar-refractivity contribution < 1.29 is 9.94 Å². The average molecular weight is 353 g/mol. The number of aliphatic hydroxyl groups excluding tert-OH is 1. The summed E-state index contributed by atoms with van der Waals surface area (Å²) in [5.41, 5.74) is 2.22. The molecule has 0 spiro atoms. The van der Waals surface area contributed by atoms with Gasteiger partial charge in [-0.1, -0.05) is 21.1 Å². The van der Waals surface area contributed by atoms with Gasteiger partial charge in [0.25, 0.3) is 0 Å². The number of nitrogens with one attached hydrogen (secondary N) is 1. The van der Waals surface area contributed by atoms with Gasteiger partial charge in [0.15, 0.2) is 0 Å². The summed E-state index contributed by atoms with van der Waals surface area (Å²) in [4.78, 5) is 5.36. The molecule has 0 saturated heterocycles. The van der Waals surface area contributed by atoms with Gasteiger partial charge >= 0.3 is 0 Å². The molecular formula is C16H21BrN2O2. The highest BCUT2D eigenvalue weighted by Gasteiger charge is 2.38. The van der Waals surface area contributed by atoms with Crippen LogP contribution in [0.1, 0.15) is 25.7 Å². The molecule has 5 heteroatoms. The molecule has 0 heterocycles. The van der Waals surface area contributed by atoms with Crippen molar-refractivity contribution in [2.24, 2.45) is 17.0 Å². The Balaban J connectivity index is 1.38. The molecule has 2 N–H and O–H groups in total. The number of benzene rings is 1. The van der Waals surface area contributed by atoms with Crippen molar-refractivity contribution in [1.29, 1.82) is 0 Å². The number of aliphatic hydroxyl groups is 1. The summed E-state index contributed by atoms with van der Waals surface area (Å²) in [6, 6.07) is 7.86. The van der Waals surface area contributed by atoms with Crippen LogP contribution in [-0.2, 0) is 4.84 Å². The Bertz CT molecular complexity index is 482. The van der Waals surface area contributed by atoms with Crippen molar-refractivity contribution in [2.75, 3.05) is 18.5 Å². The first-order valence-electron chi connectivity index (χ1n) is 7.59. The van der Waals surface area contributed by atoms with Gasteiger partial charge in [-0.3, -0.25) is 0 Å². The summed E-state index contributed by atoms with van der Waals surface area (Å²) in [7, 11) is 0. The van der Waals surface area contributed by atoms with E-state index in [2.05, 4.69) is 26.4 Å². The molecule has 4 nitrogen and oxygen atoms in total. The summed E-state index contributed by atoms with van der Waals surface area (Å²) in [5, 5.41) is 17.4. The lowest BCUT2D eigenvalue weighted by molar-refractivity contribution is 0.0461. The van der Waals surface area contributed by atoms with Gasteiger partial charge in [-0.2, -0.15) is 0 Å². The molecule has 2 aliphatic carbocycles. The third-order valence-electron chi connectivity index (χ3n) is 3.81. The molecule has 3 rings (SSSR count). The number of halogens is 1. The van der Waals surface area contributed by atoms with E-state index in [1.54, 1.807) is 0 Å². The zero-order chi connectivity index (χ0) is 14.7. The largest absolute Gasteiger partial charge is 0.393 e. The van der Waals surface area contributed by atoms with E-state index in [0.717, 1.165) is 10.2 Å². The predicted octanol–water partition coefficient (Wildman–Crippen LogP) is 3.41. The summed E-state index contributed by atoms with van der Waals surface area (Å²) >= 11 is 3.39. The molecule has 2 aliphatic rings. The topological polar surface area (TPSA) is 53.8 Å². The number of hydrogen-bond donors (Lipinski definition) is 2. The van der Waals surface area contributed by atoms with E-state index >= 15 is 0 Å². The first-order chi connectivity index (χ1) is 10.2. The molecule has 0 bridgehead atoms. The maximum Gasteiger partial charge on any atom is 0.144 e. The van der Waals surface area contributed by atoms with E-state index in [9.17, 15) is 5.11 Å². The lowest BCUT2D eigenvalue weighted by atomic mass is 10.2. The van der Waals surface area contributed by atoms with E-state index in [0.29, 0.717) is 18.4 Å². The van der Waals surface area contributed by atoms with E-state index in [1.165, 1.54) is 31.4 Å². The Labute approximate surface area is 133 Å². The highest BCUT2D eigenvalue weighted by molar-refractivity contribution is 9.10. The minimum atomic E-state index is -0.558. The quantitative estimate of drug-likeness (QED) is 0.556. The monoisotopic (exact) mass is 352 g/mol. The molecule has 2 saturated carbocycles. The number of rotatable bonds is 8. The van der Waals surface area contributed by atoms with E-state index in [4.69, 9.17) is 4.84 Å². The van der Waals surface area contributed by atoms with Crippen molar-refractivity contribution in [3.8, 4) is 0 Å². The number of anilines is 1. The summed E-state index contributed by atoms with van der Waals surface area (Å²) in [6.45, 7) is 0.700. The molecule has 114 valence electrons. The Kier molecular flexibility index (Phi) is 4.80. The van der Waals surface area contributed by atoms with Crippen LogP contribution in [0.25, 0.3) is 0 Å². The molecular weight excluding hydrogens is 332 g/mol. The molecule has 0 amide bonds. The zero-order valence-corrected chi connectivity index (χ0v) is 13.6. The van der Waals surface area contributed by atoms with E-state index in [1.807, 2.05) is 24.3 Å². The molecule has 1 aromatic carbocycles. The summed E-state index contributed by atoms with van der Waals surface area (Å²) in [5.74, 6) is 1.33. The highest BCUT2D eigenvalue weighted by Crippen LogP contribution is 2.42. The maximum atomic E-state index is 9.92. The first-order valence-corrected chi connectivity index (χ1v) is 8.39. The van der Waals surface area contributed by atoms with E-state index in [-0.39, 0.29) is 6.61 Å². The fourth-order valence-electron chi connectivity index (χ4n) is 2.30. The van der Waals surface area contributed by atoms with Gasteiger partial charge in [0.05, 0.1) is 5.71 Å². The standard InChI is InChI=1S/C16H21BrN2O2/c17-13-5-7-14(8-6-13)18-9-15(20)10-21-19-16(11-1-2-11)12-3-4-12/h5-8,11-12,15,18,20H,1-4,9-10H2. The Morgan fingerprint density at radius 1 is 1.24 bits per heavy atom. The van der Waals surface area contributed by atoms with Crippen molar-refractivity contribution in [3.63, 3.8) is 0 Å². The smallest absolute Gasteiger partial charge is 0.144 e. The first kappa shape index (κ1) is 14.9. The molecule has 0 aliphatic heterocycles. The Morgan fingerprint density at radius 3 is 2.43 bits per heavy atom. The molecule has 1 aromatic rings. The van der Waals surface area contributed by atoms with Gasteiger partial charge in [0.2, 0.25) is 0 Å². The van der Waals surface area contributed by atoms with Crippen molar-refractivity contribution in [1.82, 2.24) is 0 Å². The maximum absolute atomic E-state index is 9.92. The van der Waals surface area contributed by atoms with Gasteiger partial charge in [-0.05, 0) is 49.9 Å². The Hall–Kier alpha value is -1.07. The molecule has 2 fully saturated rings. The van der Waals surface area contributed by atoms with Crippen LogP contribution < -0.4 is 5.32 Å². The van der Waals surface area contributed by atoms with Crippen LogP contribution in [0.3, 0.4) is 0 Å². The minimum absolute atomic E-state index is 0.243. The number of nitrogens with zero attached hydrogens (tertiary/aromatic N) is 1. The van der Waals surface area contributed by atoms with Crippen molar-refractivity contribution in [2.45, 2.75) is 31.8 Å². The zero-order valence-electron chi connectivity index (χ0n) is 12.0. The third-order valence-corrected chi connectivity index (χ3v) is 4.34. The van der Waals surface area contributed by atoms with E-state index < -0.39 is 6.10 Å². The summed E-state index contributed by atoms with van der Waals surface area (Å²) < 4.78 is 1.04. The minimum Gasteiger partial charge on any atom is -0.393 e. The fourth-order valence-corrected chi connectivity index (χ4v) is 2.57. The molecule has 0 aromatic heterocycles. The van der Waals surface area contributed by atoms with Crippen molar-refractivity contribution in [3.05, 3.63) is 28.7 Å². The fraction of sp³-hybridized carbons (Fsp3) is 0.562. The average Bonchev–Trinajstić information content (AvgIpc) is 3.37. The van der Waals surface area contributed by atoms with Crippen LogP contribution in [0, 0.1) is 11.8 Å². The predicted molar refractivity (Wildman–Crippen MR) is 87.5 cm³/mol. The van der Waals surface area contributed by atoms with Gasteiger partial charge in [-0.25, -0.2) is 0 Å². The molecule has 1 unspecified atom stereocenters. The lowest BCUT2D eigenvalue weighted by Crippen LogP contribution is -2.24. The molecule has 0 radical (unpaired) electrons. The van der Waals surface area contributed by atoms with Gasteiger partial charge < -0.3 is 15.3 Å². The summed E-state index contributed by atoms with van der Waals surface area (Å²) in [6.07, 6.45) is 4.47. The Morgan fingerprint density at radius 2 is 1.86 bits per heavy atom. The van der Waals surface area contributed by atoms with Crippen LogP contribution in [0.4, 0.5) is 5.69 Å². The second-order valence-electron chi connectivity index (χ2n) is 5.90. The molecule has 1 atom stereocenters. The van der Waals surface area contributed by atoms with Gasteiger partial charge in [0.1, 0.15) is 12.7 Å². The molecule has 21 heavy (non-hydrogen) atoms. The number of hydrogen-bond acceptors (Lipinski definition) is 4. The van der Waals surface area contributed by atoms with Crippen LogP contribution >= 0.6 is 15.9 Å². The van der Waals surface area contributed by atoms with Crippen LogP contribution in [0.15, 0.2) is 33.9 Å². The SMILES string of the molecule is OC(CNc1ccc(Br)cc1)CON=C(C1CC1)C1CC1. The normalized spacial score (nSPS) is 19.0. The highest BCUT2D eigenvalue weighted by atomic mass is 79.9. The van der Waals surface area contributed by atoms with Crippen molar-refractivity contribution >= 4 is 27.3 Å². The van der Waals surface area contributed by atoms with Crippen LogP contribution in [0.2, 0.25) is 0 Å². The van der Waals surface area contributed by atoms with Gasteiger partial charge in [0, 0.05) is 28.5 Å². The van der Waals surface area contributed by atoms with Crippen LogP contribution in [0.5, 0.6) is 0 Å². The van der Waals surface area contributed by atoms with Crippen LogP contribution in [-0.4, -0.2) is 30.1 Å². The second-order valence-corrected chi connectivity index (χ2v) is 6.82.